The lowest BCUT2D eigenvalue weighted by Crippen LogP contribution is -2.28. The van der Waals surface area contributed by atoms with Crippen LogP contribution >= 0.6 is 0 Å². The van der Waals surface area contributed by atoms with Crippen LogP contribution in [0.15, 0.2) is 17.2 Å². The molecule has 2 N–H and O–H groups in total. The van der Waals surface area contributed by atoms with Crippen molar-refractivity contribution in [3.63, 3.8) is 0 Å². The third-order valence-electron chi connectivity index (χ3n) is 4.06. The Morgan fingerprint density at radius 1 is 1.45 bits per heavy atom. The first-order valence-electron chi connectivity index (χ1n) is 7.52. The lowest BCUT2D eigenvalue weighted by Gasteiger charge is -2.18. The summed E-state index contributed by atoms with van der Waals surface area (Å²) in [6, 6.07) is 0. The smallest absolute Gasteiger partial charge is 0.293 e. The average molecular weight is 279 g/mol. The molecule has 1 aromatic rings. The molecule has 2 atom stereocenters. The largest absolute Gasteiger partial charge is 0.396 e. The van der Waals surface area contributed by atoms with Crippen LogP contribution in [0, 0.1) is 17.8 Å². The van der Waals surface area contributed by atoms with Gasteiger partial charge in [-0.1, -0.05) is 20.3 Å². The lowest BCUT2D eigenvalue weighted by atomic mass is 9.97. The van der Waals surface area contributed by atoms with Gasteiger partial charge >= 0.3 is 0 Å². The van der Waals surface area contributed by atoms with Crippen LogP contribution in [-0.2, 0) is 6.54 Å². The summed E-state index contributed by atoms with van der Waals surface area (Å²) < 4.78 is 1.71. The molecule has 2 unspecified atom stereocenters. The molecule has 2 rings (SSSR count). The second kappa shape index (κ2) is 6.88. The highest BCUT2D eigenvalue weighted by molar-refractivity contribution is 5.30. The molecule has 0 aromatic carbocycles. The Hall–Kier alpha value is -1.36. The van der Waals surface area contributed by atoms with Crippen LogP contribution in [-0.4, -0.2) is 27.8 Å². The number of nitrogens with one attached hydrogen (secondary N) is 1. The van der Waals surface area contributed by atoms with Gasteiger partial charge in [0, 0.05) is 32.1 Å². The summed E-state index contributed by atoms with van der Waals surface area (Å²) in [6.07, 6.45) is 6.77. The Balaban J connectivity index is 2.01. The summed E-state index contributed by atoms with van der Waals surface area (Å²) in [7, 11) is 0. The van der Waals surface area contributed by atoms with E-state index in [4.69, 9.17) is 0 Å². The SMILES string of the molecule is CC(C)Cn1ccnc(NCC2CCCC2CO)c1=O. The number of anilines is 1. The molecule has 0 bridgehead atoms. The second-order valence-electron chi connectivity index (χ2n) is 6.14. The minimum Gasteiger partial charge on any atom is -0.396 e. The zero-order valence-corrected chi connectivity index (χ0v) is 12.4. The maximum Gasteiger partial charge on any atom is 0.293 e. The van der Waals surface area contributed by atoms with Crippen molar-refractivity contribution in [2.75, 3.05) is 18.5 Å². The summed E-state index contributed by atoms with van der Waals surface area (Å²) >= 11 is 0. The first-order chi connectivity index (χ1) is 9.61. The molecule has 5 nitrogen and oxygen atoms in total. The van der Waals surface area contributed by atoms with E-state index in [9.17, 15) is 9.90 Å². The molecular weight excluding hydrogens is 254 g/mol. The van der Waals surface area contributed by atoms with Crippen molar-refractivity contribution in [3.8, 4) is 0 Å². The van der Waals surface area contributed by atoms with Gasteiger partial charge in [-0.05, 0) is 30.6 Å². The van der Waals surface area contributed by atoms with Gasteiger partial charge < -0.3 is 15.0 Å². The molecule has 0 amide bonds. The molecule has 1 aliphatic carbocycles. The van der Waals surface area contributed by atoms with Crippen molar-refractivity contribution in [1.29, 1.82) is 0 Å². The van der Waals surface area contributed by atoms with Crippen LogP contribution in [0.2, 0.25) is 0 Å². The Labute approximate surface area is 120 Å². The zero-order chi connectivity index (χ0) is 14.5. The minimum absolute atomic E-state index is 0.0558. The van der Waals surface area contributed by atoms with E-state index >= 15 is 0 Å². The van der Waals surface area contributed by atoms with Crippen molar-refractivity contribution < 1.29 is 5.11 Å². The van der Waals surface area contributed by atoms with E-state index in [1.165, 1.54) is 0 Å². The fourth-order valence-electron chi connectivity index (χ4n) is 2.96. The van der Waals surface area contributed by atoms with Crippen LogP contribution in [0.5, 0.6) is 0 Å². The van der Waals surface area contributed by atoms with Gasteiger partial charge in [0.15, 0.2) is 5.82 Å². The van der Waals surface area contributed by atoms with E-state index in [2.05, 4.69) is 24.1 Å². The second-order valence-corrected chi connectivity index (χ2v) is 6.14. The molecule has 1 fully saturated rings. The average Bonchev–Trinajstić information content (AvgIpc) is 2.86. The number of aromatic nitrogens is 2. The molecule has 20 heavy (non-hydrogen) atoms. The van der Waals surface area contributed by atoms with E-state index < -0.39 is 0 Å². The number of aliphatic hydroxyl groups is 1. The van der Waals surface area contributed by atoms with Crippen LogP contribution in [0.3, 0.4) is 0 Å². The third kappa shape index (κ3) is 3.60. The molecule has 112 valence electrons. The van der Waals surface area contributed by atoms with E-state index in [1.807, 2.05) is 0 Å². The van der Waals surface area contributed by atoms with Gasteiger partial charge in [-0.25, -0.2) is 4.98 Å². The number of hydrogen-bond donors (Lipinski definition) is 2. The fraction of sp³-hybridized carbons (Fsp3) is 0.733. The third-order valence-corrected chi connectivity index (χ3v) is 4.06. The number of nitrogens with zero attached hydrogens (tertiary/aromatic N) is 2. The monoisotopic (exact) mass is 279 g/mol. The van der Waals surface area contributed by atoms with Gasteiger partial charge in [0.2, 0.25) is 0 Å². The lowest BCUT2D eigenvalue weighted by molar-refractivity contribution is 0.199. The molecule has 0 spiro atoms. The summed E-state index contributed by atoms with van der Waals surface area (Å²) in [4.78, 5) is 16.4. The van der Waals surface area contributed by atoms with Gasteiger partial charge in [-0.3, -0.25) is 4.79 Å². The minimum atomic E-state index is -0.0558. The predicted molar refractivity (Wildman–Crippen MR) is 79.7 cm³/mol. The van der Waals surface area contributed by atoms with Gasteiger partial charge in [0.05, 0.1) is 0 Å². The molecule has 1 saturated carbocycles. The van der Waals surface area contributed by atoms with Gasteiger partial charge in [0.25, 0.3) is 5.56 Å². The van der Waals surface area contributed by atoms with E-state index in [-0.39, 0.29) is 12.2 Å². The van der Waals surface area contributed by atoms with Crippen LogP contribution < -0.4 is 10.9 Å². The quantitative estimate of drug-likeness (QED) is 0.832. The van der Waals surface area contributed by atoms with Crippen LogP contribution in [0.4, 0.5) is 5.82 Å². The fourth-order valence-corrected chi connectivity index (χ4v) is 2.96. The highest BCUT2D eigenvalue weighted by Gasteiger charge is 2.26. The summed E-state index contributed by atoms with van der Waals surface area (Å²) in [6.45, 7) is 5.85. The van der Waals surface area contributed by atoms with Crippen molar-refractivity contribution in [3.05, 3.63) is 22.7 Å². The van der Waals surface area contributed by atoms with Crippen molar-refractivity contribution in [2.24, 2.45) is 17.8 Å². The maximum atomic E-state index is 12.2. The molecule has 0 saturated heterocycles. The van der Waals surface area contributed by atoms with Gasteiger partial charge in [-0.15, -0.1) is 0 Å². The molecule has 5 heteroatoms. The number of hydrogen-bond acceptors (Lipinski definition) is 4. The molecular formula is C15H25N3O2. The summed E-state index contributed by atoms with van der Waals surface area (Å²) in [5, 5.41) is 12.5. The topological polar surface area (TPSA) is 67.2 Å². The van der Waals surface area contributed by atoms with Gasteiger partial charge in [0.1, 0.15) is 0 Å². The summed E-state index contributed by atoms with van der Waals surface area (Å²) in [5.74, 6) is 1.66. The molecule has 0 radical (unpaired) electrons. The van der Waals surface area contributed by atoms with E-state index in [1.54, 1.807) is 17.0 Å². The van der Waals surface area contributed by atoms with E-state index in [0.717, 1.165) is 25.8 Å². The highest BCUT2D eigenvalue weighted by Crippen LogP contribution is 2.31. The Bertz CT molecular complexity index is 484. The standard InChI is InChI=1S/C15H25N3O2/c1-11(2)9-18-7-6-16-14(15(18)20)17-8-12-4-3-5-13(12)10-19/h6-7,11-13,19H,3-5,8-10H2,1-2H3,(H,16,17). The molecule has 1 aliphatic rings. The maximum absolute atomic E-state index is 12.2. The summed E-state index contributed by atoms with van der Waals surface area (Å²) in [5.41, 5.74) is -0.0558. The van der Waals surface area contributed by atoms with Crippen molar-refractivity contribution in [2.45, 2.75) is 39.7 Å². The number of rotatable bonds is 6. The van der Waals surface area contributed by atoms with E-state index in [0.29, 0.717) is 30.1 Å². The van der Waals surface area contributed by atoms with Crippen LogP contribution in [0.25, 0.3) is 0 Å². The first-order valence-corrected chi connectivity index (χ1v) is 7.52. The highest BCUT2D eigenvalue weighted by atomic mass is 16.3. The van der Waals surface area contributed by atoms with Gasteiger partial charge in [-0.2, -0.15) is 0 Å². The zero-order valence-electron chi connectivity index (χ0n) is 12.4. The Kier molecular flexibility index (Phi) is 5.17. The predicted octanol–water partition coefficient (Wildman–Crippen LogP) is 1.72. The Morgan fingerprint density at radius 2 is 2.20 bits per heavy atom. The number of aliphatic hydroxyl groups excluding tert-OH is 1. The first kappa shape index (κ1) is 15.0. The molecule has 1 heterocycles. The molecule has 1 aromatic heterocycles. The Morgan fingerprint density at radius 3 is 2.90 bits per heavy atom. The van der Waals surface area contributed by atoms with Crippen LogP contribution in [0.1, 0.15) is 33.1 Å². The molecule has 0 aliphatic heterocycles. The van der Waals surface area contributed by atoms with Crippen molar-refractivity contribution in [1.82, 2.24) is 9.55 Å². The van der Waals surface area contributed by atoms with Crippen molar-refractivity contribution >= 4 is 5.82 Å². The normalized spacial score (nSPS) is 22.4.